The number of likely N-dealkylation sites (tertiary alicyclic amines) is 1. The van der Waals surface area contributed by atoms with Gasteiger partial charge in [0.1, 0.15) is 5.69 Å². The third-order valence-corrected chi connectivity index (χ3v) is 8.01. The first-order valence-corrected chi connectivity index (χ1v) is 13.9. The zero-order valence-corrected chi connectivity index (χ0v) is 22.9. The van der Waals surface area contributed by atoms with Crippen molar-refractivity contribution in [1.82, 2.24) is 29.2 Å². The molecule has 2 aromatic carbocycles. The van der Waals surface area contributed by atoms with Crippen LogP contribution in [0.5, 0.6) is 0 Å². The van der Waals surface area contributed by atoms with Crippen LogP contribution in [0.4, 0.5) is 0 Å². The zero-order valence-electron chi connectivity index (χ0n) is 22.9. The molecule has 204 valence electrons. The van der Waals surface area contributed by atoms with Crippen molar-refractivity contribution in [2.45, 2.75) is 19.4 Å². The van der Waals surface area contributed by atoms with Crippen molar-refractivity contribution in [3.05, 3.63) is 97.2 Å². The lowest BCUT2D eigenvalue weighted by atomic mass is 9.96. The molecule has 1 aliphatic rings. The molecular weight excluding hydrogens is 512 g/mol. The monoisotopic (exact) mass is 543 g/mol. The van der Waals surface area contributed by atoms with Crippen LogP contribution in [0.15, 0.2) is 91.6 Å². The minimum Gasteiger partial charge on any atom is -0.369 e. The number of fused-ring (bicyclic) bond motifs is 3. The van der Waals surface area contributed by atoms with Crippen molar-refractivity contribution in [3.8, 4) is 28.3 Å². The van der Waals surface area contributed by atoms with E-state index >= 15 is 0 Å². The highest BCUT2D eigenvalue weighted by molar-refractivity contribution is 5.93. The van der Waals surface area contributed by atoms with Crippen LogP contribution < -0.4 is 10.1 Å². The molecule has 0 spiro atoms. The van der Waals surface area contributed by atoms with Crippen LogP contribution >= 0.6 is 0 Å². The summed E-state index contributed by atoms with van der Waals surface area (Å²) in [7, 11) is 1.96. The highest BCUT2D eigenvalue weighted by Crippen LogP contribution is 2.27. The van der Waals surface area contributed by atoms with Crippen molar-refractivity contribution in [1.29, 1.82) is 0 Å². The Morgan fingerprint density at radius 2 is 1.78 bits per heavy atom. The Kier molecular flexibility index (Phi) is 6.28. The van der Waals surface area contributed by atoms with Crippen LogP contribution in [-0.4, -0.2) is 48.2 Å². The molecule has 0 unspecified atom stereocenters. The van der Waals surface area contributed by atoms with Gasteiger partial charge in [0.15, 0.2) is 5.69 Å². The number of carbonyl (C=O) groups excluding carboxylic acids is 1. The SMILES string of the molecule is Cn1cnc(-c2nn(-c3ccc(CN4CCC(C(N)=O)CC4)cc3)c3c4cc(-c5ccccc5)cnc4cc[n+]23)c1. The van der Waals surface area contributed by atoms with E-state index in [4.69, 9.17) is 15.8 Å². The van der Waals surface area contributed by atoms with Crippen LogP contribution in [0.3, 0.4) is 0 Å². The fourth-order valence-corrected chi connectivity index (χ4v) is 5.76. The summed E-state index contributed by atoms with van der Waals surface area (Å²) >= 11 is 0. The molecule has 1 fully saturated rings. The van der Waals surface area contributed by atoms with Gasteiger partial charge in [0.2, 0.25) is 5.91 Å². The van der Waals surface area contributed by atoms with Gasteiger partial charge in [0.05, 0.1) is 28.5 Å². The minimum absolute atomic E-state index is 0.000702. The summed E-state index contributed by atoms with van der Waals surface area (Å²) < 4.78 is 6.01. The zero-order chi connectivity index (χ0) is 27.9. The third kappa shape index (κ3) is 4.74. The molecule has 0 radical (unpaired) electrons. The number of amides is 1. The maximum Gasteiger partial charge on any atom is 0.334 e. The van der Waals surface area contributed by atoms with Crippen LogP contribution in [0.1, 0.15) is 18.4 Å². The Hall–Kier alpha value is -4.89. The Bertz CT molecular complexity index is 1870. The summed E-state index contributed by atoms with van der Waals surface area (Å²) in [6.45, 7) is 2.60. The smallest absolute Gasteiger partial charge is 0.334 e. The number of imidazole rings is 1. The quantitative estimate of drug-likeness (QED) is 0.321. The minimum atomic E-state index is -0.179. The number of hydrogen-bond acceptors (Lipinski definition) is 5. The van der Waals surface area contributed by atoms with E-state index in [-0.39, 0.29) is 11.8 Å². The Balaban J connectivity index is 1.30. The predicted octanol–water partition coefficient (Wildman–Crippen LogP) is 3.92. The molecule has 0 saturated carbocycles. The molecule has 2 N–H and O–H groups in total. The summed E-state index contributed by atoms with van der Waals surface area (Å²) in [4.78, 5) is 23.3. The summed E-state index contributed by atoms with van der Waals surface area (Å²) in [5.74, 6) is 0.579. The molecule has 4 aromatic heterocycles. The highest BCUT2D eigenvalue weighted by atomic mass is 16.1. The topological polar surface area (TPSA) is 99.0 Å². The number of carbonyl (C=O) groups is 1. The summed E-state index contributed by atoms with van der Waals surface area (Å²) in [6, 6.07) is 23.1. The number of nitrogens with zero attached hydrogens (tertiary/aromatic N) is 7. The van der Waals surface area contributed by atoms with Gasteiger partial charge >= 0.3 is 5.82 Å². The number of pyridine rings is 2. The molecule has 6 aromatic rings. The van der Waals surface area contributed by atoms with E-state index in [2.05, 4.69) is 56.7 Å². The van der Waals surface area contributed by atoms with Crippen molar-refractivity contribution in [2.75, 3.05) is 13.1 Å². The van der Waals surface area contributed by atoms with E-state index in [0.29, 0.717) is 0 Å². The molecule has 1 saturated heterocycles. The fourth-order valence-electron chi connectivity index (χ4n) is 5.76. The molecule has 0 atom stereocenters. The van der Waals surface area contributed by atoms with Gasteiger partial charge in [-0.25, -0.2) is 4.98 Å². The molecule has 41 heavy (non-hydrogen) atoms. The molecule has 0 bridgehead atoms. The van der Waals surface area contributed by atoms with Crippen LogP contribution in [-0.2, 0) is 18.4 Å². The normalized spacial score (nSPS) is 14.7. The van der Waals surface area contributed by atoms with Gasteiger partial charge in [-0.1, -0.05) is 47.1 Å². The first-order chi connectivity index (χ1) is 20.0. The van der Waals surface area contributed by atoms with Crippen molar-refractivity contribution < 1.29 is 9.20 Å². The van der Waals surface area contributed by atoms with Crippen LogP contribution in [0.25, 0.3) is 44.9 Å². The lowest BCUT2D eigenvalue weighted by Gasteiger charge is -2.30. The number of aromatic nitrogens is 6. The van der Waals surface area contributed by atoms with Crippen molar-refractivity contribution in [2.24, 2.45) is 18.7 Å². The standard InChI is InChI=1S/C32H30N8O/c1-37-20-29(35-21-37)31-36-40(26-9-7-22(8-10-26)19-38-14-11-24(12-15-38)30(33)41)32-27-17-25(23-5-3-2-4-6-23)18-34-28(27)13-16-39(31)32/h2-10,13,16-18,20-21,24H,11-12,14-15,19H2,1H3,(H-,33,41)/p+1. The first-order valence-electron chi connectivity index (χ1n) is 13.9. The van der Waals surface area contributed by atoms with Gasteiger partial charge in [0.25, 0.3) is 5.65 Å². The number of hydrogen-bond donors (Lipinski definition) is 1. The van der Waals surface area contributed by atoms with E-state index in [1.165, 1.54) is 5.56 Å². The van der Waals surface area contributed by atoms with Gasteiger partial charge in [-0.3, -0.25) is 14.7 Å². The van der Waals surface area contributed by atoms with Crippen molar-refractivity contribution in [3.63, 3.8) is 0 Å². The molecule has 5 heterocycles. The lowest BCUT2D eigenvalue weighted by molar-refractivity contribution is -0.498. The number of nitrogens with two attached hydrogens (primary N) is 1. The largest absolute Gasteiger partial charge is 0.369 e. The Morgan fingerprint density at radius 1 is 1.00 bits per heavy atom. The van der Waals surface area contributed by atoms with Gasteiger partial charge in [-0.2, -0.15) is 4.40 Å². The van der Waals surface area contributed by atoms with Crippen LogP contribution in [0, 0.1) is 5.92 Å². The molecule has 9 nitrogen and oxygen atoms in total. The van der Waals surface area contributed by atoms with Crippen LogP contribution in [0.2, 0.25) is 0 Å². The maximum absolute atomic E-state index is 11.5. The Morgan fingerprint density at radius 3 is 2.49 bits per heavy atom. The second-order valence-corrected chi connectivity index (χ2v) is 10.8. The van der Waals surface area contributed by atoms with E-state index in [0.717, 1.165) is 77.4 Å². The second-order valence-electron chi connectivity index (χ2n) is 10.8. The summed E-state index contributed by atoms with van der Waals surface area (Å²) in [5, 5.41) is 6.09. The summed E-state index contributed by atoms with van der Waals surface area (Å²) in [6.07, 6.45) is 9.36. The maximum atomic E-state index is 11.5. The number of aryl methyl sites for hydroxylation is 1. The number of benzene rings is 2. The average molecular weight is 544 g/mol. The van der Waals surface area contributed by atoms with E-state index in [1.54, 1.807) is 6.33 Å². The number of piperidine rings is 1. The van der Waals surface area contributed by atoms with E-state index < -0.39 is 0 Å². The predicted molar refractivity (Wildman–Crippen MR) is 157 cm³/mol. The molecule has 7 rings (SSSR count). The third-order valence-electron chi connectivity index (χ3n) is 8.01. The fraction of sp³-hybridized carbons (Fsp3) is 0.219. The number of primary amides is 1. The molecule has 0 aliphatic carbocycles. The molecular formula is C32H31N8O+. The molecule has 1 amide bonds. The lowest BCUT2D eigenvalue weighted by Crippen LogP contribution is -2.38. The molecule has 1 aliphatic heterocycles. The van der Waals surface area contributed by atoms with Crippen molar-refractivity contribution >= 4 is 22.5 Å². The van der Waals surface area contributed by atoms with E-state index in [9.17, 15) is 4.79 Å². The van der Waals surface area contributed by atoms with Gasteiger partial charge in [0, 0.05) is 37.5 Å². The summed E-state index contributed by atoms with van der Waals surface area (Å²) in [5.41, 5.74) is 12.5. The van der Waals surface area contributed by atoms with Gasteiger partial charge < -0.3 is 10.3 Å². The highest BCUT2D eigenvalue weighted by Gasteiger charge is 2.27. The number of rotatable bonds is 6. The molecule has 9 heteroatoms. The second kappa shape index (κ2) is 10.3. The van der Waals surface area contributed by atoms with Gasteiger partial charge in [-0.15, -0.1) is 0 Å². The van der Waals surface area contributed by atoms with E-state index in [1.807, 2.05) is 59.2 Å². The first kappa shape index (κ1) is 25.1. The average Bonchev–Trinajstić information content (AvgIpc) is 3.62. The van der Waals surface area contributed by atoms with Gasteiger partial charge in [-0.05, 0) is 61.3 Å². The Labute approximate surface area is 237 Å².